The van der Waals surface area contributed by atoms with E-state index in [2.05, 4.69) is 35.8 Å². The number of ether oxygens (including phenoxy) is 2. The van der Waals surface area contributed by atoms with Crippen LogP contribution in [0.4, 0.5) is 4.79 Å². The Bertz CT molecular complexity index is 2070. The van der Waals surface area contributed by atoms with Gasteiger partial charge in [-0.15, -0.1) is 10.2 Å². The Morgan fingerprint density at radius 1 is 1.00 bits per heavy atom. The number of hydrogen-bond donors (Lipinski definition) is 3. The van der Waals surface area contributed by atoms with E-state index in [1.54, 1.807) is 44.4 Å². The molecule has 2 saturated carbocycles. The number of carbonyl (C=O) groups is 4. The molecule has 2 aromatic heterocycles. The molecule has 0 radical (unpaired) electrons. The Labute approximate surface area is 325 Å². The lowest BCUT2D eigenvalue weighted by molar-refractivity contribution is -0.141. The summed E-state index contributed by atoms with van der Waals surface area (Å²) in [4.78, 5) is 62.8. The molecule has 3 aromatic rings. The van der Waals surface area contributed by atoms with Gasteiger partial charge in [-0.3, -0.25) is 14.4 Å². The number of nitrogens with one attached hydrogen (secondary N) is 3. The molecule has 2 aliphatic carbocycles. The number of tetrazole rings is 1. The highest BCUT2D eigenvalue weighted by Crippen LogP contribution is 2.46. The molecule has 0 unspecified atom stereocenters. The number of pyridine rings is 1. The summed E-state index contributed by atoms with van der Waals surface area (Å²) in [6, 6.07) is 7.26. The molecular formula is C38H47N9O8S. The van der Waals surface area contributed by atoms with Gasteiger partial charge in [0.1, 0.15) is 29.5 Å². The first-order chi connectivity index (χ1) is 27.0. The molecule has 17 nitrogen and oxygen atoms in total. The minimum Gasteiger partial charge on any atom is -0.497 e. The highest BCUT2D eigenvalue weighted by Gasteiger charge is 2.62. The molecule has 1 saturated heterocycles. The van der Waals surface area contributed by atoms with Gasteiger partial charge >= 0.3 is 6.09 Å². The SMILES string of the molecule is COc1ccc(-c2nnn([C@@H]3C[C@H]4C(=O)N[C@@]5(C(=O)NS(=O)(=O)c6ccc(C)cn6)C[C@H]5/C=C\CCCCC[C@@H](NC(=O)OC5CCCC5)C(=O)N4C3)n2)cc1. The first kappa shape index (κ1) is 38.9. The number of aryl methyl sites for hydroxylation is 1. The largest absolute Gasteiger partial charge is 0.497 e. The molecule has 18 heteroatoms. The Morgan fingerprint density at radius 2 is 1.77 bits per heavy atom. The molecule has 0 bridgehead atoms. The summed E-state index contributed by atoms with van der Waals surface area (Å²) in [6.07, 6.45) is 11.0. The molecule has 0 spiro atoms. The predicted octanol–water partition coefficient (Wildman–Crippen LogP) is 3.13. The third kappa shape index (κ3) is 8.54. The van der Waals surface area contributed by atoms with Gasteiger partial charge in [-0.05, 0) is 99.4 Å². The van der Waals surface area contributed by atoms with E-state index in [1.165, 1.54) is 22.0 Å². The Kier molecular flexibility index (Phi) is 11.4. The van der Waals surface area contributed by atoms with Crippen molar-refractivity contribution in [1.29, 1.82) is 0 Å². The zero-order chi connectivity index (χ0) is 39.5. The number of rotatable bonds is 8. The number of hydrogen-bond acceptors (Lipinski definition) is 12. The maximum Gasteiger partial charge on any atom is 0.408 e. The van der Waals surface area contributed by atoms with Crippen LogP contribution in [0.25, 0.3) is 11.4 Å². The molecule has 2 aliphatic heterocycles. The number of methoxy groups -OCH3 is 1. The van der Waals surface area contributed by atoms with Gasteiger partial charge in [-0.1, -0.05) is 31.1 Å². The zero-order valence-electron chi connectivity index (χ0n) is 31.4. The van der Waals surface area contributed by atoms with Gasteiger partial charge in [0.15, 0.2) is 5.03 Å². The molecular weight excluding hydrogens is 743 g/mol. The fraction of sp³-hybridized carbons (Fsp3) is 0.526. The van der Waals surface area contributed by atoms with Gasteiger partial charge < -0.3 is 25.0 Å². The molecule has 4 amide bonds. The molecule has 5 atom stereocenters. The molecule has 3 N–H and O–H groups in total. The number of carbonyl (C=O) groups excluding carboxylic acids is 4. The lowest BCUT2D eigenvalue weighted by Crippen LogP contribution is -2.58. The normalized spacial score (nSPS) is 26.5. The van der Waals surface area contributed by atoms with Gasteiger partial charge in [0.2, 0.25) is 17.6 Å². The van der Waals surface area contributed by atoms with Crippen LogP contribution in [0.15, 0.2) is 59.8 Å². The number of benzene rings is 1. The van der Waals surface area contributed by atoms with Crippen LogP contribution in [0.3, 0.4) is 0 Å². The number of amides is 4. The smallest absolute Gasteiger partial charge is 0.408 e. The van der Waals surface area contributed by atoms with Gasteiger partial charge in [0.05, 0.1) is 13.2 Å². The summed E-state index contributed by atoms with van der Waals surface area (Å²) in [5, 5.41) is 18.4. The summed E-state index contributed by atoms with van der Waals surface area (Å²) in [6.45, 7) is 1.76. The van der Waals surface area contributed by atoms with Crippen LogP contribution in [0.5, 0.6) is 5.75 Å². The van der Waals surface area contributed by atoms with E-state index in [0.717, 1.165) is 44.1 Å². The molecule has 298 valence electrons. The highest BCUT2D eigenvalue weighted by atomic mass is 32.2. The van der Waals surface area contributed by atoms with Gasteiger partial charge in [0, 0.05) is 30.6 Å². The monoisotopic (exact) mass is 789 g/mol. The summed E-state index contributed by atoms with van der Waals surface area (Å²) in [7, 11) is -2.81. The number of alkyl carbamates (subject to hydrolysis) is 1. The lowest BCUT2D eigenvalue weighted by atomic mass is 10.0. The average Bonchev–Trinajstić information content (AvgIpc) is 3.65. The van der Waals surface area contributed by atoms with Crippen molar-refractivity contribution in [3.8, 4) is 17.1 Å². The van der Waals surface area contributed by atoms with Gasteiger partial charge in [-0.25, -0.2) is 14.5 Å². The summed E-state index contributed by atoms with van der Waals surface area (Å²) >= 11 is 0. The summed E-state index contributed by atoms with van der Waals surface area (Å²) < 4.78 is 39.6. The second-order valence-electron chi connectivity index (χ2n) is 15.0. The highest BCUT2D eigenvalue weighted by molar-refractivity contribution is 7.90. The maximum atomic E-state index is 14.5. The second kappa shape index (κ2) is 16.4. The standard InChI is InChI=1S/C38H47N9O8S/c1-24-14-19-32(39-22-24)56(52,53)44-36(50)38-21-26(38)10-6-4-3-5-7-13-30(40-37(51)55-29-11-8-9-12-29)35(49)46-23-27(20-31(46)34(48)41-38)47-43-33(42-45-47)25-15-17-28(54-2)18-16-25/h6,10,14-19,22,26-27,29-31H,3-5,7-9,11-13,20-21,23H2,1-2H3,(H,40,51)(H,41,48)(H,44,50)/b10-6-/t26-,27-,30-,31+,38+/m1/s1. The van der Waals surface area contributed by atoms with Crippen molar-refractivity contribution in [2.75, 3.05) is 13.7 Å². The number of allylic oxidation sites excluding steroid dienone is 1. The van der Waals surface area contributed by atoms with Crippen LogP contribution in [0, 0.1) is 12.8 Å². The molecule has 56 heavy (non-hydrogen) atoms. The lowest BCUT2D eigenvalue weighted by Gasteiger charge is -2.30. The second-order valence-corrected chi connectivity index (χ2v) is 16.6. The average molecular weight is 790 g/mol. The topological polar surface area (TPSA) is 217 Å². The van der Waals surface area contributed by atoms with Crippen molar-refractivity contribution >= 4 is 33.8 Å². The summed E-state index contributed by atoms with van der Waals surface area (Å²) in [5.74, 6) is -1.56. The van der Waals surface area contributed by atoms with Crippen LogP contribution in [0.1, 0.15) is 82.2 Å². The quantitative estimate of drug-likeness (QED) is 0.281. The van der Waals surface area contributed by atoms with Crippen LogP contribution in [-0.2, 0) is 29.1 Å². The van der Waals surface area contributed by atoms with E-state index < -0.39 is 63.4 Å². The van der Waals surface area contributed by atoms with Gasteiger partial charge in [-0.2, -0.15) is 13.2 Å². The van der Waals surface area contributed by atoms with Crippen LogP contribution in [-0.4, -0.2) is 99.7 Å². The van der Waals surface area contributed by atoms with Crippen LogP contribution >= 0.6 is 0 Å². The van der Waals surface area contributed by atoms with E-state index in [1.807, 2.05) is 12.2 Å². The molecule has 4 aliphatic rings. The molecule has 4 heterocycles. The van der Waals surface area contributed by atoms with E-state index >= 15 is 0 Å². The van der Waals surface area contributed by atoms with E-state index in [-0.39, 0.29) is 30.5 Å². The van der Waals surface area contributed by atoms with Crippen molar-refractivity contribution in [2.24, 2.45) is 5.92 Å². The van der Waals surface area contributed by atoms with E-state index in [9.17, 15) is 27.6 Å². The first-order valence-electron chi connectivity index (χ1n) is 19.2. The number of fused-ring (bicyclic) bond motifs is 2. The van der Waals surface area contributed by atoms with Crippen LogP contribution in [0.2, 0.25) is 0 Å². The Balaban J connectivity index is 1.17. The van der Waals surface area contributed by atoms with Crippen LogP contribution < -0.4 is 20.1 Å². The van der Waals surface area contributed by atoms with Crippen molar-refractivity contribution in [3.05, 3.63) is 60.3 Å². The minimum absolute atomic E-state index is 0.00118. The predicted molar refractivity (Wildman–Crippen MR) is 200 cm³/mol. The Hall–Kier alpha value is -5.39. The van der Waals surface area contributed by atoms with E-state index in [4.69, 9.17) is 9.47 Å². The molecule has 1 aromatic carbocycles. The fourth-order valence-corrected chi connectivity index (χ4v) is 8.68. The van der Waals surface area contributed by atoms with E-state index in [0.29, 0.717) is 36.4 Å². The Morgan fingerprint density at radius 3 is 2.50 bits per heavy atom. The van der Waals surface area contributed by atoms with Crippen molar-refractivity contribution < 1.29 is 37.1 Å². The van der Waals surface area contributed by atoms with Crippen molar-refractivity contribution in [1.82, 2.24) is 45.4 Å². The van der Waals surface area contributed by atoms with Crippen molar-refractivity contribution in [2.45, 2.75) is 112 Å². The third-order valence-electron chi connectivity index (χ3n) is 11.0. The maximum absolute atomic E-state index is 14.5. The number of nitrogens with zero attached hydrogens (tertiary/aromatic N) is 6. The first-order valence-corrected chi connectivity index (χ1v) is 20.6. The molecule has 3 fully saturated rings. The number of sulfonamides is 1. The fourth-order valence-electron chi connectivity index (χ4n) is 7.71. The summed E-state index contributed by atoms with van der Waals surface area (Å²) in [5.41, 5.74) is -0.181. The zero-order valence-corrected chi connectivity index (χ0v) is 32.2. The van der Waals surface area contributed by atoms with Crippen molar-refractivity contribution in [3.63, 3.8) is 0 Å². The number of aromatic nitrogens is 5. The molecule has 7 rings (SSSR count). The minimum atomic E-state index is -4.38. The van der Waals surface area contributed by atoms with Gasteiger partial charge in [0.25, 0.3) is 15.9 Å². The third-order valence-corrected chi connectivity index (χ3v) is 12.3.